The van der Waals surface area contributed by atoms with Crippen molar-refractivity contribution < 1.29 is 4.74 Å². The largest absolute Gasteiger partial charge is 0.380 e. The van der Waals surface area contributed by atoms with Gasteiger partial charge in [0.15, 0.2) is 0 Å². The minimum Gasteiger partial charge on any atom is -0.380 e. The lowest BCUT2D eigenvalue weighted by Crippen LogP contribution is -2.53. The van der Waals surface area contributed by atoms with Crippen molar-refractivity contribution in [1.29, 1.82) is 0 Å². The number of nitrogens with zero attached hydrogens (tertiary/aromatic N) is 1. The van der Waals surface area contributed by atoms with Crippen LogP contribution >= 0.6 is 0 Å². The van der Waals surface area contributed by atoms with E-state index >= 15 is 0 Å². The molecule has 20 heavy (non-hydrogen) atoms. The molecule has 1 aromatic rings. The van der Waals surface area contributed by atoms with Crippen LogP contribution in [-0.2, 0) is 11.2 Å². The molecule has 0 saturated carbocycles. The predicted molar refractivity (Wildman–Crippen MR) is 86.0 cm³/mol. The molecular formula is C17H30N2O. The molecule has 0 aliphatic heterocycles. The Kier molecular flexibility index (Phi) is 7.82. The Hall–Kier alpha value is -0.900. The number of hydrogen-bond acceptors (Lipinski definition) is 3. The van der Waals surface area contributed by atoms with Crippen molar-refractivity contribution in [3.8, 4) is 0 Å². The van der Waals surface area contributed by atoms with Gasteiger partial charge in [0.2, 0.25) is 0 Å². The maximum absolute atomic E-state index is 6.07. The minimum atomic E-state index is 0.0433. The highest BCUT2D eigenvalue weighted by atomic mass is 16.5. The number of ether oxygens (including phenoxy) is 1. The topological polar surface area (TPSA) is 38.5 Å². The van der Waals surface area contributed by atoms with Gasteiger partial charge < -0.3 is 10.5 Å². The third kappa shape index (κ3) is 5.23. The predicted octanol–water partition coefficient (Wildman–Crippen LogP) is 2.70. The van der Waals surface area contributed by atoms with E-state index in [2.05, 4.69) is 49.1 Å². The van der Waals surface area contributed by atoms with Crippen LogP contribution < -0.4 is 5.73 Å². The summed E-state index contributed by atoms with van der Waals surface area (Å²) in [6.45, 7) is 10.7. The van der Waals surface area contributed by atoms with Crippen LogP contribution in [0.1, 0.15) is 32.8 Å². The second kappa shape index (κ2) is 9.11. The highest BCUT2D eigenvalue weighted by Gasteiger charge is 2.28. The van der Waals surface area contributed by atoms with Crippen molar-refractivity contribution in [2.45, 2.75) is 39.2 Å². The Bertz CT molecular complexity index is 355. The normalized spacial score (nSPS) is 14.4. The average Bonchev–Trinajstić information content (AvgIpc) is 2.50. The van der Waals surface area contributed by atoms with E-state index in [-0.39, 0.29) is 5.54 Å². The molecule has 1 unspecified atom stereocenters. The lowest BCUT2D eigenvalue weighted by atomic mass is 9.91. The fourth-order valence-corrected chi connectivity index (χ4v) is 2.58. The average molecular weight is 278 g/mol. The number of benzene rings is 1. The Morgan fingerprint density at radius 2 is 1.90 bits per heavy atom. The lowest BCUT2D eigenvalue weighted by molar-refractivity contribution is 0.0566. The highest BCUT2D eigenvalue weighted by Crippen LogP contribution is 2.20. The molecule has 0 aromatic heterocycles. The summed E-state index contributed by atoms with van der Waals surface area (Å²) in [5.41, 5.74) is 7.50. The van der Waals surface area contributed by atoms with E-state index < -0.39 is 0 Å². The summed E-state index contributed by atoms with van der Waals surface area (Å²) in [6, 6.07) is 10.6. The summed E-state index contributed by atoms with van der Waals surface area (Å²) in [7, 11) is 0. The molecule has 1 rings (SSSR count). The molecule has 114 valence electrons. The van der Waals surface area contributed by atoms with Gasteiger partial charge in [-0.1, -0.05) is 37.3 Å². The Morgan fingerprint density at radius 1 is 1.20 bits per heavy atom. The van der Waals surface area contributed by atoms with E-state index in [1.54, 1.807) is 0 Å². The number of likely N-dealkylation sites (N-methyl/N-ethyl adjacent to an activating group) is 1. The molecule has 0 fully saturated rings. The summed E-state index contributed by atoms with van der Waals surface area (Å²) in [5.74, 6) is 0. The molecule has 1 aromatic carbocycles. The van der Waals surface area contributed by atoms with Gasteiger partial charge in [0.1, 0.15) is 0 Å². The van der Waals surface area contributed by atoms with Crippen molar-refractivity contribution in [2.75, 3.05) is 32.8 Å². The molecule has 3 nitrogen and oxygen atoms in total. The maximum atomic E-state index is 6.07. The highest BCUT2D eigenvalue weighted by molar-refractivity contribution is 5.15. The lowest BCUT2D eigenvalue weighted by Gasteiger charge is -2.40. The van der Waals surface area contributed by atoms with Crippen LogP contribution in [0.3, 0.4) is 0 Å². The molecule has 0 heterocycles. The third-order valence-electron chi connectivity index (χ3n) is 4.09. The zero-order valence-electron chi connectivity index (χ0n) is 13.3. The van der Waals surface area contributed by atoms with Crippen molar-refractivity contribution in [2.24, 2.45) is 5.73 Å². The molecule has 0 saturated heterocycles. The second-order valence-electron chi connectivity index (χ2n) is 5.46. The van der Waals surface area contributed by atoms with Crippen LogP contribution in [0.15, 0.2) is 30.3 Å². The molecule has 1 atom stereocenters. The molecular weight excluding hydrogens is 248 g/mol. The molecule has 0 amide bonds. The van der Waals surface area contributed by atoms with Crippen LogP contribution in [0.2, 0.25) is 0 Å². The van der Waals surface area contributed by atoms with E-state index in [9.17, 15) is 0 Å². The summed E-state index contributed by atoms with van der Waals surface area (Å²) in [5, 5.41) is 0. The van der Waals surface area contributed by atoms with Crippen LogP contribution in [0.4, 0.5) is 0 Å². The Morgan fingerprint density at radius 3 is 2.45 bits per heavy atom. The van der Waals surface area contributed by atoms with Gasteiger partial charge in [-0.05, 0) is 38.8 Å². The molecule has 2 N–H and O–H groups in total. The van der Waals surface area contributed by atoms with E-state index in [1.807, 2.05) is 6.92 Å². The molecule has 0 spiro atoms. The van der Waals surface area contributed by atoms with E-state index in [4.69, 9.17) is 10.5 Å². The van der Waals surface area contributed by atoms with Crippen molar-refractivity contribution in [1.82, 2.24) is 4.90 Å². The zero-order chi connectivity index (χ0) is 14.8. The standard InChI is InChI=1S/C17H30N2O/c1-4-19(13-14-20-5-2)17(3,15-18)12-11-16-9-7-6-8-10-16/h6-10H,4-5,11-15,18H2,1-3H3. The van der Waals surface area contributed by atoms with Crippen molar-refractivity contribution in [3.05, 3.63) is 35.9 Å². The number of rotatable bonds is 10. The maximum Gasteiger partial charge on any atom is 0.0593 e. The Balaban J connectivity index is 2.58. The summed E-state index contributed by atoms with van der Waals surface area (Å²) >= 11 is 0. The van der Waals surface area contributed by atoms with E-state index in [1.165, 1.54) is 5.56 Å². The van der Waals surface area contributed by atoms with Gasteiger partial charge in [-0.25, -0.2) is 0 Å². The Labute approximate surface area is 124 Å². The molecule has 0 aliphatic rings. The van der Waals surface area contributed by atoms with Gasteiger partial charge in [-0.2, -0.15) is 0 Å². The SMILES string of the molecule is CCOCCN(CC)C(C)(CN)CCc1ccccc1. The van der Waals surface area contributed by atoms with Gasteiger partial charge in [-0.3, -0.25) is 4.90 Å². The molecule has 3 heteroatoms. The number of hydrogen-bond donors (Lipinski definition) is 1. The van der Waals surface area contributed by atoms with E-state index in [0.29, 0.717) is 6.54 Å². The van der Waals surface area contributed by atoms with Crippen LogP contribution in [-0.4, -0.2) is 43.3 Å². The van der Waals surface area contributed by atoms with Gasteiger partial charge >= 0.3 is 0 Å². The molecule has 0 aliphatic carbocycles. The molecule has 0 bridgehead atoms. The van der Waals surface area contributed by atoms with Crippen LogP contribution in [0.5, 0.6) is 0 Å². The summed E-state index contributed by atoms with van der Waals surface area (Å²) < 4.78 is 5.49. The van der Waals surface area contributed by atoms with Crippen molar-refractivity contribution in [3.63, 3.8) is 0 Å². The smallest absolute Gasteiger partial charge is 0.0593 e. The van der Waals surface area contributed by atoms with Crippen LogP contribution in [0, 0.1) is 0 Å². The first-order chi connectivity index (χ1) is 9.66. The summed E-state index contributed by atoms with van der Waals surface area (Å²) in [4.78, 5) is 2.45. The first kappa shape index (κ1) is 17.2. The fraction of sp³-hybridized carbons (Fsp3) is 0.647. The zero-order valence-corrected chi connectivity index (χ0v) is 13.3. The van der Waals surface area contributed by atoms with Crippen molar-refractivity contribution >= 4 is 0 Å². The monoisotopic (exact) mass is 278 g/mol. The first-order valence-electron chi connectivity index (χ1n) is 7.73. The second-order valence-corrected chi connectivity index (χ2v) is 5.46. The van der Waals surface area contributed by atoms with Crippen LogP contribution in [0.25, 0.3) is 0 Å². The first-order valence-corrected chi connectivity index (χ1v) is 7.73. The number of aryl methyl sites for hydroxylation is 1. The summed E-state index contributed by atoms with van der Waals surface area (Å²) in [6.07, 6.45) is 2.15. The van der Waals surface area contributed by atoms with Gasteiger partial charge in [0, 0.05) is 25.2 Å². The third-order valence-corrected chi connectivity index (χ3v) is 4.09. The van der Waals surface area contributed by atoms with Gasteiger partial charge in [0.05, 0.1) is 6.61 Å². The van der Waals surface area contributed by atoms with Gasteiger partial charge in [0.25, 0.3) is 0 Å². The molecule has 0 radical (unpaired) electrons. The van der Waals surface area contributed by atoms with Gasteiger partial charge in [-0.15, -0.1) is 0 Å². The quantitative estimate of drug-likeness (QED) is 0.669. The van der Waals surface area contributed by atoms with E-state index in [0.717, 1.165) is 39.1 Å². The number of nitrogens with two attached hydrogens (primary N) is 1. The fourth-order valence-electron chi connectivity index (χ4n) is 2.58. The minimum absolute atomic E-state index is 0.0433.